The molecule has 1 aromatic heterocycles. The van der Waals surface area contributed by atoms with E-state index in [1.54, 1.807) is 7.11 Å². The molecule has 1 unspecified atom stereocenters. The number of aliphatic hydroxyl groups is 1. The Morgan fingerprint density at radius 1 is 1.32 bits per heavy atom. The maximum absolute atomic E-state index is 11.5. The Balaban J connectivity index is 2.32. The van der Waals surface area contributed by atoms with Crippen LogP contribution in [0.5, 0.6) is 5.75 Å². The number of esters is 1. The molecule has 1 aromatic carbocycles. The van der Waals surface area contributed by atoms with E-state index in [0.29, 0.717) is 31.0 Å². The SMILES string of the molecule is CCC(O)CNc1nc(N)nc(C)c1Cc1ccc(CC(=O)OC)cc1OC. The van der Waals surface area contributed by atoms with E-state index in [0.717, 1.165) is 22.4 Å². The Bertz CT molecular complexity index is 826. The molecule has 0 aliphatic rings. The summed E-state index contributed by atoms with van der Waals surface area (Å²) in [6.07, 6.45) is 0.852. The van der Waals surface area contributed by atoms with E-state index < -0.39 is 6.10 Å². The molecule has 0 amide bonds. The number of nitrogen functional groups attached to an aromatic ring is 1. The maximum atomic E-state index is 11.5. The third-order valence-electron chi connectivity index (χ3n) is 4.50. The maximum Gasteiger partial charge on any atom is 0.309 e. The molecule has 1 atom stereocenters. The molecule has 8 nitrogen and oxygen atoms in total. The molecule has 2 rings (SSSR count). The highest BCUT2D eigenvalue weighted by Crippen LogP contribution is 2.27. The zero-order valence-electron chi connectivity index (χ0n) is 16.8. The van der Waals surface area contributed by atoms with Crippen LogP contribution in [0.2, 0.25) is 0 Å². The Labute approximate surface area is 165 Å². The average Bonchev–Trinajstić information content (AvgIpc) is 2.68. The lowest BCUT2D eigenvalue weighted by atomic mass is 10.0. The summed E-state index contributed by atoms with van der Waals surface area (Å²) in [5.41, 5.74) is 9.16. The number of aliphatic hydroxyl groups excluding tert-OH is 1. The highest BCUT2D eigenvalue weighted by atomic mass is 16.5. The van der Waals surface area contributed by atoms with Crippen molar-refractivity contribution in [3.8, 4) is 5.75 Å². The first-order valence-corrected chi connectivity index (χ1v) is 9.15. The number of hydrogen-bond acceptors (Lipinski definition) is 8. The van der Waals surface area contributed by atoms with E-state index >= 15 is 0 Å². The van der Waals surface area contributed by atoms with E-state index in [9.17, 15) is 9.90 Å². The summed E-state index contributed by atoms with van der Waals surface area (Å²) in [7, 11) is 2.95. The van der Waals surface area contributed by atoms with Crippen LogP contribution in [0.15, 0.2) is 18.2 Å². The molecule has 0 bridgehead atoms. The molecule has 0 radical (unpaired) electrons. The first kappa shape index (κ1) is 21.4. The predicted molar refractivity (Wildman–Crippen MR) is 107 cm³/mol. The zero-order valence-corrected chi connectivity index (χ0v) is 16.8. The number of nitrogens with two attached hydrogens (primary N) is 1. The molecule has 0 aliphatic carbocycles. The number of carbonyl (C=O) groups is 1. The van der Waals surface area contributed by atoms with Crippen molar-refractivity contribution in [1.82, 2.24) is 9.97 Å². The summed E-state index contributed by atoms with van der Waals surface area (Å²) in [5, 5.41) is 13.0. The van der Waals surface area contributed by atoms with Crippen LogP contribution < -0.4 is 15.8 Å². The molecule has 0 spiro atoms. The van der Waals surface area contributed by atoms with Gasteiger partial charge in [-0.15, -0.1) is 0 Å². The lowest BCUT2D eigenvalue weighted by Gasteiger charge is -2.17. The Hall–Kier alpha value is -2.87. The molecule has 0 saturated heterocycles. The van der Waals surface area contributed by atoms with Gasteiger partial charge >= 0.3 is 5.97 Å². The molecule has 2 aromatic rings. The second-order valence-electron chi connectivity index (χ2n) is 6.51. The minimum absolute atomic E-state index is 0.176. The monoisotopic (exact) mass is 388 g/mol. The van der Waals surface area contributed by atoms with Crippen molar-refractivity contribution in [2.45, 2.75) is 39.2 Å². The third kappa shape index (κ3) is 5.56. The topological polar surface area (TPSA) is 120 Å². The fraction of sp³-hybridized carbons (Fsp3) is 0.450. The summed E-state index contributed by atoms with van der Waals surface area (Å²) in [5.74, 6) is 1.13. The smallest absolute Gasteiger partial charge is 0.309 e. The van der Waals surface area contributed by atoms with E-state index in [4.69, 9.17) is 15.2 Å². The van der Waals surface area contributed by atoms with Crippen molar-refractivity contribution in [3.05, 3.63) is 40.6 Å². The zero-order chi connectivity index (χ0) is 20.7. The first-order chi connectivity index (χ1) is 13.4. The standard InChI is InChI=1S/C20H28N4O4/c1-5-15(25)11-22-19-16(12(2)23-20(21)24-19)10-14-7-6-13(8-17(14)27-3)9-18(26)28-4/h6-8,15,25H,5,9-11H2,1-4H3,(H3,21,22,23,24). The first-order valence-electron chi connectivity index (χ1n) is 9.15. The van der Waals surface area contributed by atoms with Gasteiger partial charge in [-0.3, -0.25) is 4.79 Å². The third-order valence-corrected chi connectivity index (χ3v) is 4.50. The minimum Gasteiger partial charge on any atom is -0.496 e. The quantitative estimate of drug-likeness (QED) is 0.557. The lowest BCUT2D eigenvalue weighted by molar-refractivity contribution is -0.139. The van der Waals surface area contributed by atoms with Gasteiger partial charge in [0.2, 0.25) is 5.95 Å². The minimum atomic E-state index is -0.475. The van der Waals surface area contributed by atoms with E-state index in [-0.39, 0.29) is 18.3 Å². The van der Waals surface area contributed by atoms with Gasteiger partial charge in [0.15, 0.2) is 0 Å². The van der Waals surface area contributed by atoms with E-state index in [1.165, 1.54) is 7.11 Å². The second-order valence-corrected chi connectivity index (χ2v) is 6.51. The van der Waals surface area contributed by atoms with Gasteiger partial charge in [0.05, 0.1) is 26.7 Å². The van der Waals surface area contributed by atoms with Crippen LogP contribution in [-0.2, 0) is 22.4 Å². The highest BCUT2D eigenvalue weighted by molar-refractivity contribution is 5.72. The number of rotatable bonds is 9. The van der Waals surface area contributed by atoms with Crippen molar-refractivity contribution < 1.29 is 19.4 Å². The van der Waals surface area contributed by atoms with Gasteiger partial charge in [0, 0.05) is 24.2 Å². The molecular weight excluding hydrogens is 360 g/mol. The second kappa shape index (κ2) is 9.89. The number of benzene rings is 1. The molecule has 0 aliphatic heterocycles. The van der Waals surface area contributed by atoms with Gasteiger partial charge in [-0.25, -0.2) is 4.98 Å². The van der Waals surface area contributed by atoms with Crippen molar-refractivity contribution in [2.75, 3.05) is 31.8 Å². The Morgan fingerprint density at radius 3 is 2.71 bits per heavy atom. The van der Waals surface area contributed by atoms with Gasteiger partial charge in [0.25, 0.3) is 0 Å². The van der Waals surface area contributed by atoms with Crippen molar-refractivity contribution in [2.24, 2.45) is 0 Å². The molecule has 4 N–H and O–H groups in total. The van der Waals surface area contributed by atoms with Crippen molar-refractivity contribution in [1.29, 1.82) is 0 Å². The van der Waals surface area contributed by atoms with E-state index in [1.807, 2.05) is 32.0 Å². The van der Waals surface area contributed by atoms with Gasteiger partial charge in [-0.05, 0) is 30.5 Å². The van der Waals surface area contributed by atoms with Crippen molar-refractivity contribution in [3.63, 3.8) is 0 Å². The molecule has 0 fully saturated rings. The number of methoxy groups -OCH3 is 2. The van der Waals surface area contributed by atoms with Crippen molar-refractivity contribution >= 4 is 17.7 Å². The van der Waals surface area contributed by atoms with Crippen LogP contribution in [0, 0.1) is 6.92 Å². The molecule has 1 heterocycles. The van der Waals surface area contributed by atoms with Gasteiger partial charge in [-0.2, -0.15) is 4.98 Å². The van der Waals surface area contributed by atoms with Crippen LogP contribution in [0.1, 0.15) is 35.7 Å². The summed E-state index contributed by atoms with van der Waals surface area (Å²) < 4.78 is 10.2. The largest absolute Gasteiger partial charge is 0.496 e. The lowest BCUT2D eigenvalue weighted by Crippen LogP contribution is -2.20. The summed E-state index contributed by atoms with van der Waals surface area (Å²) in [6.45, 7) is 4.15. The van der Waals surface area contributed by atoms with Crippen LogP contribution in [0.4, 0.5) is 11.8 Å². The fourth-order valence-electron chi connectivity index (χ4n) is 2.81. The number of carbonyl (C=O) groups excluding carboxylic acids is 1. The van der Waals surface area contributed by atoms with Gasteiger partial charge < -0.3 is 25.6 Å². The molecule has 28 heavy (non-hydrogen) atoms. The molecule has 8 heteroatoms. The number of aryl methyl sites for hydroxylation is 1. The Morgan fingerprint density at radius 2 is 2.07 bits per heavy atom. The van der Waals surface area contributed by atoms with E-state index in [2.05, 4.69) is 15.3 Å². The van der Waals surface area contributed by atoms with Crippen LogP contribution in [-0.4, -0.2) is 47.9 Å². The summed E-state index contributed by atoms with van der Waals surface area (Å²) in [6, 6.07) is 5.61. The normalized spacial score (nSPS) is 11.8. The predicted octanol–water partition coefficient (Wildman–Crippen LogP) is 1.86. The Kier molecular flexibility index (Phi) is 7.57. The molecular formula is C20H28N4O4. The van der Waals surface area contributed by atoms with Crippen LogP contribution >= 0.6 is 0 Å². The number of nitrogens with zero attached hydrogens (tertiary/aromatic N) is 2. The number of nitrogens with one attached hydrogen (secondary N) is 1. The highest BCUT2D eigenvalue weighted by Gasteiger charge is 2.16. The van der Waals surface area contributed by atoms with Gasteiger partial charge in [0.1, 0.15) is 11.6 Å². The molecule has 152 valence electrons. The number of anilines is 2. The molecule has 0 saturated carbocycles. The number of hydrogen-bond donors (Lipinski definition) is 3. The number of ether oxygens (including phenoxy) is 2. The van der Waals surface area contributed by atoms with Crippen LogP contribution in [0.3, 0.4) is 0 Å². The number of aromatic nitrogens is 2. The fourth-order valence-corrected chi connectivity index (χ4v) is 2.81. The van der Waals surface area contributed by atoms with Gasteiger partial charge in [-0.1, -0.05) is 19.1 Å². The summed E-state index contributed by atoms with van der Waals surface area (Å²) in [4.78, 5) is 20.1. The van der Waals surface area contributed by atoms with Crippen LogP contribution in [0.25, 0.3) is 0 Å². The average molecular weight is 388 g/mol. The summed E-state index contributed by atoms with van der Waals surface area (Å²) >= 11 is 0.